The third kappa shape index (κ3) is 4.55. The van der Waals surface area contributed by atoms with Gasteiger partial charge < -0.3 is 10.4 Å². The Balaban J connectivity index is 1.81. The number of carbonyl (C=O) groups excluding carboxylic acids is 1. The molecule has 2 atom stereocenters. The quantitative estimate of drug-likeness (QED) is 0.839. The van der Waals surface area contributed by atoms with Crippen molar-refractivity contribution in [2.75, 3.05) is 26.2 Å². The second-order valence-corrected chi connectivity index (χ2v) is 5.96. The van der Waals surface area contributed by atoms with Crippen molar-refractivity contribution in [2.24, 2.45) is 5.92 Å². The lowest BCUT2D eigenvalue weighted by Gasteiger charge is -2.19. The summed E-state index contributed by atoms with van der Waals surface area (Å²) in [6, 6.07) is 8.43. The number of hydrogen-bond donors (Lipinski definition) is 2. The van der Waals surface area contributed by atoms with Crippen molar-refractivity contribution in [3.8, 4) is 0 Å². The van der Waals surface area contributed by atoms with Crippen LogP contribution in [0.1, 0.15) is 37.4 Å². The Morgan fingerprint density at radius 2 is 2.14 bits per heavy atom. The summed E-state index contributed by atoms with van der Waals surface area (Å²) in [5.41, 5.74) is 2.44. The van der Waals surface area contributed by atoms with E-state index in [4.69, 9.17) is 5.11 Å². The van der Waals surface area contributed by atoms with Crippen LogP contribution < -0.4 is 5.32 Å². The highest BCUT2D eigenvalue weighted by Gasteiger charge is 2.23. The molecule has 0 radical (unpaired) electrons. The molecule has 21 heavy (non-hydrogen) atoms. The predicted molar refractivity (Wildman–Crippen MR) is 84.0 cm³/mol. The largest absolute Gasteiger partial charge is 0.396 e. The Kier molecular flexibility index (Phi) is 5.76. The molecule has 116 valence electrons. The molecule has 1 aliphatic heterocycles. The Morgan fingerprint density at radius 3 is 2.71 bits per heavy atom. The van der Waals surface area contributed by atoms with Crippen LogP contribution in [0.5, 0.6) is 0 Å². The maximum absolute atomic E-state index is 12.1. The molecule has 2 N–H and O–H groups in total. The molecule has 0 spiro atoms. The molecular weight excluding hydrogens is 264 g/mol. The topological polar surface area (TPSA) is 52.6 Å². The van der Waals surface area contributed by atoms with Crippen LogP contribution in [0.15, 0.2) is 24.3 Å². The Bertz CT molecular complexity index is 458. The van der Waals surface area contributed by atoms with Crippen LogP contribution in [-0.2, 0) is 11.2 Å². The zero-order valence-corrected chi connectivity index (χ0v) is 13.0. The summed E-state index contributed by atoms with van der Waals surface area (Å²) in [4.78, 5) is 14.2. The minimum absolute atomic E-state index is 0.0275. The van der Waals surface area contributed by atoms with Crippen molar-refractivity contribution in [1.29, 1.82) is 0 Å². The van der Waals surface area contributed by atoms with Crippen molar-refractivity contribution in [3.63, 3.8) is 0 Å². The lowest BCUT2D eigenvalue weighted by atomic mass is 10.1. The summed E-state index contributed by atoms with van der Waals surface area (Å²) in [5.74, 6) is 0.387. The van der Waals surface area contributed by atoms with E-state index >= 15 is 0 Å². The van der Waals surface area contributed by atoms with Gasteiger partial charge in [-0.15, -0.1) is 0 Å². The van der Waals surface area contributed by atoms with Crippen molar-refractivity contribution < 1.29 is 9.90 Å². The monoisotopic (exact) mass is 290 g/mol. The van der Waals surface area contributed by atoms with Crippen LogP contribution in [0, 0.1) is 5.92 Å². The number of aliphatic hydroxyl groups excluding tert-OH is 1. The highest BCUT2D eigenvalue weighted by atomic mass is 16.3. The van der Waals surface area contributed by atoms with Gasteiger partial charge in [-0.3, -0.25) is 9.69 Å². The molecule has 1 heterocycles. The molecule has 1 saturated heterocycles. The van der Waals surface area contributed by atoms with Crippen molar-refractivity contribution in [3.05, 3.63) is 35.4 Å². The van der Waals surface area contributed by atoms with E-state index in [1.54, 1.807) is 0 Å². The smallest absolute Gasteiger partial charge is 0.234 e. The minimum atomic E-state index is 0.0275. The first-order valence-electron chi connectivity index (χ1n) is 7.83. The fraction of sp³-hybridized carbons (Fsp3) is 0.588. The number of nitrogens with one attached hydrogen (secondary N) is 1. The molecule has 0 bridgehead atoms. The van der Waals surface area contributed by atoms with E-state index in [9.17, 15) is 4.79 Å². The highest BCUT2D eigenvalue weighted by Crippen LogP contribution is 2.16. The normalized spacial score (nSPS) is 20.4. The van der Waals surface area contributed by atoms with Crippen LogP contribution in [-0.4, -0.2) is 42.2 Å². The van der Waals surface area contributed by atoms with Crippen LogP contribution in [0.25, 0.3) is 0 Å². The van der Waals surface area contributed by atoms with Gasteiger partial charge in [0, 0.05) is 13.2 Å². The van der Waals surface area contributed by atoms with Gasteiger partial charge in [0.05, 0.1) is 12.6 Å². The average Bonchev–Trinajstić information content (AvgIpc) is 2.94. The first-order valence-corrected chi connectivity index (χ1v) is 7.83. The molecule has 0 aromatic heterocycles. The number of amides is 1. The number of nitrogens with zero attached hydrogens (tertiary/aromatic N) is 1. The Labute approximate surface area is 127 Å². The summed E-state index contributed by atoms with van der Waals surface area (Å²) in [7, 11) is 0. The van der Waals surface area contributed by atoms with Crippen molar-refractivity contribution in [1.82, 2.24) is 10.2 Å². The number of carbonyl (C=O) groups is 1. The molecular formula is C17H26N2O2. The number of aliphatic hydroxyl groups is 1. The molecule has 2 rings (SSSR count). The maximum atomic E-state index is 12.1. The highest BCUT2D eigenvalue weighted by molar-refractivity contribution is 5.78. The maximum Gasteiger partial charge on any atom is 0.234 e. The molecule has 0 aliphatic carbocycles. The van der Waals surface area contributed by atoms with Gasteiger partial charge in [-0.2, -0.15) is 0 Å². The lowest BCUT2D eigenvalue weighted by Crippen LogP contribution is -2.37. The molecule has 1 aromatic rings. The second kappa shape index (κ2) is 7.57. The molecule has 1 fully saturated rings. The van der Waals surface area contributed by atoms with E-state index in [-0.39, 0.29) is 18.6 Å². The predicted octanol–water partition coefficient (Wildman–Crippen LogP) is 1.74. The van der Waals surface area contributed by atoms with E-state index < -0.39 is 0 Å². The molecule has 0 saturated carbocycles. The van der Waals surface area contributed by atoms with Gasteiger partial charge >= 0.3 is 0 Å². The number of hydrogen-bond acceptors (Lipinski definition) is 3. The fourth-order valence-electron chi connectivity index (χ4n) is 2.82. The first-order chi connectivity index (χ1) is 10.1. The lowest BCUT2D eigenvalue weighted by molar-refractivity contribution is -0.122. The zero-order valence-electron chi connectivity index (χ0n) is 13.0. The molecule has 1 amide bonds. The van der Waals surface area contributed by atoms with Crippen LogP contribution in [0.2, 0.25) is 0 Å². The Hall–Kier alpha value is -1.39. The second-order valence-electron chi connectivity index (χ2n) is 5.96. The average molecular weight is 290 g/mol. The number of aryl methyl sites for hydroxylation is 1. The zero-order chi connectivity index (χ0) is 15.2. The standard InChI is InChI=1S/C17H26N2O2/c1-3-14-4-6-16(7-5-14)13(2)18-17(21)11-19-9-8-15(10-19)12-20/h4-7,13,15,20H,3,8-12H2,1-2H3,(H,18,21). The van der Waals surface area contributed by atoms with E-state index in [2.05, 4.69) is 41.4 Å². The van der Waals surface area contributed by atoms with Gasteiger partial charge in [0.15, 0.2) is 0 Å². The minimum Gasteiger partial charge on any atom is -0.396 e. The summed E-state index contributed by atoms with van der Waals surface area (Å²) < 4.78 is 0. The summed E-state index contributed by atoms with van der Waals surface area (Å²) in [6.07, 6.45) is 2.01. The van der Waals surface area contributed by atoms with Gasteiger partial charge in [-0.1, -0.05) is 31.2 Å². The third-order valence-corrected chi connectivity index (χ3v) is 4.26. The Morgan fingerprint density at radius 1 is 1.43 bits per heavy atom. The van der Waals surface area contributed by atoms with E-state index in [1.807, 2.05) is 6.92 Å². The van der Waals surface area contributed by atoms with Gasteiger partial charge in [-0.05, 0) is 43.4 Å². The summed E-state index contributed by atoms with van der Waals surface area (Å²) in [6.45, 7) is 6.52. The molecule has 4 nitrogen and oxygen atoms in total. The van der Waals surface area contributed by atoms with Crippen molar-refractivity contribution >= 4 is 5.91 Å². The molecule has 1 aromatic carbocycles. The van der Waals surface area contributed by atoms with Crippen LogP contribution in [0.3, 0.4) is 0 Å². The summed E-state index contributed by atoms with van der Waals surface area (Å²) in [5, 5.41) is 12.2. The van der Waals surface area contributed by atoms with Crippen LogP contribution >= 0.6 is 0 Å². The van der Waals surface area contributed by atoms with Gasteiger partial charge in [0.25, 0.3) is 0 Å². The molecule has 2 unspecified atom stereocenters. The van der Waals surface area contributed by atoms with Gasteiger partial charge in [-0.25, -0.2) is 0 Å². The van der Waals surface area contributed by atoms with Crippen molar-refractivity contribution in [2.45, 2.75) is 32.7 Å². The number of rotatable bonds is 6. The number of likely N-dealkylation sites (tertiary alicyclic amines) is 1. The summed E-state index contributed by atoms with van der Waals surface area (Å²) >= 11 is 0. The molecule has 4 heteroatoms. The SMILES string of the molecule is CCc1ccc(C(C)NC(=O)CN2CCC(CO)C2)cc1. The van der Waals surface area contributed by atoms with Crippen LogP contribution in [0.4, 0.5) is 0 Å². The third-order valence-electron chi connectivity index (χ3n) is 4.26. The first kappa shape index (κ1) is 16.0. The van der Waals surface area contributed by atoms with Gasteiger partial charge in [0.2, 0.25) is 5.91 Å². The fourth-order valence-corrected chi connectivity index (χ4v) is 2.82. The van der Waals surface area contributed by atoms with Gasteiger partial charge in [0.1, 0.15) is 0 Å². The molecule has 1 aliphatic rings. The van der Waals surface area contributed by atoms with E-state index in [1.165, 1.54) is 5.56 Å². The number of benzene rings is 1. The van der Waals surface area contributed by atoms with E-state index in [0.717, 1.165) is 31.5 Å². The van der Waals surface area contributed by atoms with E-state index in [0.29, 0.717) is 12.5 Å².